The molecule has 110 valence electrons. The normalized spacial score (nSPS) is 22.2. The molecule has 2 rings (SSSR count). The molecule has 0 amide bonds. The minimum Gasteiger partial charge on any atom is -0.496 e. The summed E-state index contributed by atoms with van der Waals surface area (Å²) in [6.07, 6.45) is 0.188. The second-order valence-electron chi connectivity index (χ2n) is 4.91. The van der Waals surface area contributed by atoms with Crippen LogP contribution in [0.1, 0.15) is 18.9 Å². The second-order valence-corrected chi connectivity index (χ2v) is 7.16. The van der Waals surface area contributed by atoms with Crippen molar-refractivity contribution in [1.29, 1.82) is 0 Å². The van der Waals surface area contributed by atoms with Crippen molar-refractivity contribution in [2.24, 2.45) is 5.16 Å². The summed E-state index contributed by atoms with van der Waals surface area (Å²) in [4.78, 5) is 5.13. The number of benzene rings is 1. The highest BCUT2D eigenvalue weighted by molar-refractivity contribution is 8.05. The Labute approximate surface area is 123 Å². The van der Waals surface area contributed by atoms with E-state index in [0.717, 1.165) is 0 Å². The minimum absolute atomic E-state index is 0.0338. The summed E-state index contributed by atoms with van der Waals surface area (Å²) in [5, 5.41) is 3.72. The first kappa shape index (κ1) is 15.1. The Kier molecular flexibility index (Phi) is 4.25. The van der Waals surface area contributed by atoms with Gasteiger partial charge in [-0.2, -0.15) is 0 Å². The smallest absolute Gasteiger partial charge is 0.199 e. The van der Waals surface area contributed by atoms with E-state index >= 15 is 0 Å². The van der Waals surface area contributed by atoms with Gasteiger partial charge in [-0.1, -0.05) is 23.4 Å². The van der Waals surface area contributed by atoms with Gasteiger partial charge in [0.25, 0.3) is 0 Å². The van der Waals surface area contributed by atoms with Crippen LogP contribution < -0.4 is 4.74 Å². The van der Waals surface area contributed by atoms with Crippen LogP contribution in [0.15, 0.2) is 29.4 Å². The maximum absolute atomic E-state index is 12.4. The van der Waals surface area contributed by atoms with E-state index in [-0.39, 0.29) is 23.1 Å². The van der Waals surface area contributed by atoms with Crippen molar-refractivity contribution in [3.05, 3.63) is 29.8 Å². The summed E-state index contributed by atoms with van der Waals surface area (Å²) in [7, 11) is -2.03. The van der Waals surface area contributed by atoms with Gasteiger partial charge in [0.15, 0.2) is 20.5 Å². The SMILES string of the molecule is COc1ccccc1CS(=O)(=O)C1=NOC(C)(CCl)C1. The van der Waals surface area contributed by atoms with Crippen molar-refractivity contribution in [2.45, 2.75) is 24.7 Å². The van der Waals surface area contributed by atoms with E-state index in [2.05, 4.69) is 5.16 Å². The molecule has 0 bridgehead atoms. The van der Waals surface area contributed by atoms with E-state index in [1.807, 2.05) is 0 Å². The van der Waals surface area contributed by atoms with E-state index in [4.69, 9.17) is 21.2 Å². The van der Waals surface area contributed by atoms with E-state index in [1.54, 1.807) is 31.2 Å². The van der Waals surface area contributed by atoms with Crippen molar-refractivity contribution in [1.82, 2.24) is 0 Å². The van der Waals surface area contributed by atoms with Crippen LogP contribution in [0, 0.1) is 0 Å². The average molecular weight is 318 g/mol. The van der Waals surface area contributed by atoms with E-state index in [0.29, 0.717) is 11.3 Å². The van der Waals surface area contributed by atoms with Crippen LogP contribution in [-0.2, 0) is 20.4 Å². The monoisotopic (exact) mass is 317 g/mol. The third-order valence-electron chi connectivity index (χ3n) is 3.07. The van der Waals surface area contributed by atoms with Gasteiger partial charge in [0.1, 0.15) is 5.75 Å². The maximum atomic E-state index is 12.4. The van der Waals surface area contributed by atoms with Crippen LogP contribution in [0.3, 0.4) is 0 Å². The molecule has 0 aliphatic carbocycles. The average Bonchev–Trinajstić information content (AvgIpc) is 2.83. The summed E-state index contributed by atoms with van der Waals surface area (Å²) in [6, 6.07) is 6.99. The van der Waals surface area contributed by atoms with Gasteiger partial charge < -0.3 is 9.57 Å². The Hall–Kier alpha value is -1.27. The predicted octanol–water partition coefficient (Wildman–Crippen LogP) is 2.34. The van der Waals surface area contributed by atoms with Gasteiger partial charge in [0.05, 0.1) is 18.7 Å². The molecule has 0 N–H and O–H groups in total. The molecule has 1 aliphatic rings. The predicted molar refractivity (Wildman–Crippen MR) is 77.9 cm³/mol. The highest BCUT2D eigenvalue weighted by Crippen LogP contribution is 2.29. The lowest BCUT2D eigenvalue weighted by atomic mass is 10.1. The molecule has 0 saturated heterocycles. The van der Waals surface area contributed by atoms with Crippen LogP contribution in [-0.4, -0.2) is 32.1 Å². The van der Waals surface area contributed by atoms with Gasteiger partial charge in [-0.3, -0.25) is 0 Å². The Bertz CT molecular complexity index is 629. The number of oxime groups is 1. The number of sulfone groups is 1. The maximum Gasteiger partial charge on any atom is 0.199 e. The zero-order valence-electron chi connectivity index (χ0n) is 11.3. The number of hydrogen-bond acceptors (Lipinski definition) is 5. The first-order valence-corrected chi connectivity index (χ1v) is 8.24. The Morgan fingerprint density at radius 3 is 2.75 bits per heavy atom. The molecule has 0 fully saturated rings. The van der Waals surface area contributed by atoms with E-state index < -0.39 is 15.4 Å². The molecule has 20 heavy (non-hydrogen) atoms. The van der Waals surface area contributed by atoms with Crippen molar-refractivity contribution < 1.29 is 18.0 Å². The highest BCUT2D eigenvalue weighted by Gasteiger charge is 2.39. The summed E-state index contributed by atoms with van der Waals surface area (Å²) in [5.41, 5.74) is -0.151. The number of nitrogens with zero attached hydrogens (tertiary/aromatic N) is 1. The molecule has 5 nitrogen and oxygen atoms in total. The lowest BCUT2D eigenvalue weighted by Gasteiger charge is -2.16. The van der Waals surface area contributed by atoms with Crippen molar-refractivity contribution in [3.8, 4) is 5.75 Å². The number of hydrogen-bond donors (Lipinski definition) is 0. The number of ether oxygens (including phenoxy) is 1. The van der Waals surface area contributed by atoms with Crippen LogP contribution in [0.25, 0.3) is 0 Å². The number of rotatable bonds is 4. The third-order valence-corrected chi connectivity index (χ3v) is 5.27. The largest absolute Gasteiger partial charge is 0.496 e. The molecular formula is C13H16ClNO4S. The van der Waals surface area contributed by atoms with Gasteiger partial charge >= 0.3 is 0 Å². The van der Waals surface area contributed by atoms with Gasteiger partial charge in [-0.15, -0.1) is 11.6 Å². The fourth-order valence-corrected chi connectivity index (χ4v) is 3.53. The first-order valence-electron chi connectivity index (χ1n) is 6.06. The number of halogens is 1. The molecule has 1 aliphatic heterocycles. The molecule has 0 aromatic heterocycles. The molecule has 0 spiro atoms. The Balaban J connectivity index is 2.21. The third kappa shape index (κ3) is 3.07. The Morgan fingerprint density at radius 1 is 1.45 bits per heavy atom. The zero-order valence-corrected chi connectivity index (χ0v) is 12.9. The molecule has 1 aromatic rings. The van der Waals surface area contributed by atoms with Crippen molar-refractivity contribution in [2.75, 3.05) is 13.0 Å². The summed E-state index contributed by atoms with van der Waals surface area (Å²) >= 11 is 5.76. The summed E-state index contributed by atoms with van der Waals surface area (Å²) < 4.78 is 29.9. The number of para-hydroxylation sites is 1. The van der Waals surface area contributed by atoms with Crippen LogP contribution in [0.5, 0.6) is 5.75 Å². The highest BCUT2D eigenvalue weighted by atomic mass is 35.5. The van der Waals surface area contributed by atoms with E-state index in [1.165, 1.54) is 7.11 Å². The standard InChI is InChI=1S/C13H16ClNO4S/c1-13(9-14)7-12(15-19-13)20(16,17)8-10-5-3-4-6-11(10)18-2/h3-6H,7-9H2,1-2H3. The Morgan fingerprint density at radius 2 is 2.15 bits per heavy atom. The lowest BCUT2D eigenvalue weighted by molar-refractivity contribution is 0.0152. The van der Waals surface area contributed by atoms with Gasteiger partial charge in [-0.25, -0.2) is 8.42 Å². The van der Waals surface area contributed by atoms with Crippen molar-refractivity contribution in [3.63, 3.8) is 0 Å². The van der Waals surface area contributed by atoms with Crippen LogP contribution in [0.2, 0.25) is 0 Å². The molecular weight excluding hydrogens is 302 g/mol. The second kappa shape index (κ2) is 5.61. The first-order chi connectivity index (χ1) is 9.40. The van der Waals surface area contributed by atoms with E-state index in [9.17, 15) is 8.42 Å². The number of alkyl halides is 1. The fraction of sp³-hybridized carbons (Fsp3) is 0.462. The quantitative estimate of drug-likeness (QED) is 0.800. The van der Waals surface area contributed by atoms with Gasteiger partial charge in [0, 0.05) is 12.0 Å². The molecule has 7 heteroatoms. The van der Waals surface area contributed by atoms with Crippen LogP contribution >= 0.6 is 11.6 Å². The summed E-state index contributed by atoms with van der Waals surface area (Å²) in [5.74, 6) is 0.553. The van der Waals surface area contributed by atoms with Crippen molar-refractivity contribution >= 4 is 26.5 Å². The topological polar surface area (TPSA) is 65.0 Å². The lowest BCUT2D eigenvalue weighted by Crippen LogP contribution is -2.28. The summed E-state index contributed by atoms with van der Waals surface area (Å²) in [6.45, 7) is 1.73. The fourth-order valence-electron chi connectivity index (χ4n) is 1.89. The molecule has 1 aromatic carbocycles. The van der Waals surface area contributed by atoms with Gasteiger partial charge in [-0.05, 0) is 13.0 Å². The molecule has 1 atom stereocenters. The zero-order chi connectivity index (χ0) is 14.8. The molecule has 0 radical (unpaired) electrons. The minimum atomic E-state index is -3.54. The molecule has 0 saturated carbocycles. The molecule has 1 unspecified atom stereocenters. The molecule has 1 heterocycles. The van der Waals surface area contributed by atoms with Crippen LogP contribution in [0.4, 0.5) is 0 Å². The van der Waals surface area contributed by atoms with Gasteiger partial charge in [0.2, 0.25) is 0 Å². The number of methoxy groups -OCH3 is 1.